The number of carbonyl (C=O) groups excluding carboxylic acids is 1. The third-order valence-corrected chi connectivity index (χ3v) is 7.19. The van der Waals surface area contributed by atoms with Gasteiger partial charge in [0.25, 0.3) is 5.91 Å². The smallest absolute Gasteiger partial charge is 0.259 e. The van der Waals surface area contributed by atoms with Crippen molar-refractivity contribution in [1.82, 2.24) is 4.90 Å². The molecule has 0 aromatic heterocycles. The van der Waals surface area contributed by atoms with E-state index in [-0.39, 0.29) is 18.8 Å². The summed E-state index contributed by atoms with van der Waals surface area (Å²) in [6, 6.07) is 7.03. The minimum atomic E-state index is -3.34. The number of halogens is 1. The van der Waals surface area contributed by atoms with E-state index in [0.29, 0.717) is 10.8 Å². The summed E-state index contributed by atoms with van der Waals surface area (Å²) in [5, 5.41) is 5.98. The molecule has 3 rings (SSSR count). The Labute approximate surface area is 185 Å². The van der Waals surface area contributed by atoms with Gasteiger partial charge in [0.05, 0.1) is 11.3 Å². The van der Waals surface area contributed by atoms with E-state index in [1.165, 1.54) is 0 Å². The minimum absolute atomic E-state index is 0.0127. The predicted octanol–water partition coefficient (Wildman–Crippen LogP) is 4.79. The second-order valence-corrected chi connectivity index (χ2v) is 11.4. The Balaban J connectivity index is 1.87. The summed E-state index contributed by atoms with van der Waals surface area (Å²) < 4.78 is 31.9. The van der Waals surface area contributed by atoms with Crippen LogP contribution in [-0.2, 0) is 21.3 Å². The molecule has 0 bridgehead atoms. The van der Waals surface area contributed by atoms with Gasteiger partial charge in [-0.1, -0.05) is 31.6 Å². The quantitative estimate of drug-likeness (QED) is 0.653. The number of rotatable bonds is 7. The van der Waals surface area contributed by atoms with Gasteiger partial charge in [-0.3, -0.25) is 4.79 Å². The van der Waals surface area contributed by atoms with Crippen LogP contribution >= 0.6 is 0 Å². The fourth-order valence-electron chi connectivity index (χ4n) is 4.20. The highest BCUT2D eigenvalue weighted by molar-refractivity contribution is 7.91. The number of nitrogens with two attached hydrogens (primary N) is 1. The van der Waals surface area contributed by atoms with Crippen LogP contribution in [0.4, 0.5) is 4.39 Å². The van der Waals surface area contributed by atoms with Crippen molar-refractivity contribution < 1.29 is 13.4 Å². The van der Waals surface area contributed by atoms with Crippen molar-refractivity contribution in [3.05, 3.63) is 52.6 Å². The SMILES string of the molecule is CC(C)C1=C(CC(=O)N=S(N)(=O)c2ccc(CN(C)C)cc2)C(C2CC2)=CC(C)(F)C1. The molecule has 0 radical (unpaired) electrons. The highest BCUT2D eigenvalue weighted by Gasteiger charge is 2.38. The molecule has 2 aliphatic rings. The molecule has 1 amide bonds. The van der Waals surface area contributed by atoms with Gasteiger partial charge in [-0.05, 0) is 80.6 Å². The first-order chi connectivity index (χ1) is 14.4. The van der Waals surface area contributed by atoms with E-state index >= 15 is 0 Å². The van der Waals surface area contributed by atoms with Gasteiger partial charge in [0.1, 0.15) is 15.6 Å². The summed E-state index contributed by atoms with van der Waals surface area (Å²) in [7, 11) is 0.592. The Morgan fingerprint density at radius 2 is 1.90 bits per heavy atom. The first kappa shape index (κ1) is 23.8. The van der Waals surface area contributed by atoms with Crippen molar-refractivity contribution in [2.75, 3.05) is 14.1 Å². The number of nitrogens with zero attached hydrogens (tertiary/aromatic N) is 2. The van der Waals surface area contributed by atoms with Gasteiger partial charge in [0.2, 0.25) is 0 Å². The van der Waals surface area contributed by atoms with Crippen molar-refractivity contribution in [3.8, 4) is 0 Å². The molecule has 170 valence electrons. The zero-order valence-electron chi connectivity index (χ0n) is 19.2. The van der Waals surface area contributed by atoms with Crippen LogP contribution in [0.2, 0.25) is 0 Å². The van der Waals surface area contributed by atoms with Gasteiger partial charge in [0.15, 0.2) is 0 Å². The van der Waals surface area contributed by atoms with E-state index in [1.54, 1.807) is 25.1 Å². The molecule has 0 spiro atoms. The number of benzene rings is 1. The number of carbonyl (C=O) groups is 1. The van der Waals surface area contributed by atoms with Gasteiger partial charge in [0, 0.05) is 13.0 Å². The van der Waals surface area contributed by atoms with Crippen LogP contribution in [0.1, 0.15) is 52.0 Å². The van der Waals surface area contributed by atoms with Crippen molar-refractivity contribution in [2.24, 2.45) is 21.3 Å². The van der Waals surface area contributed by atoms with Gasteiger partial charge in [-0.15, -0.1) is 4.36 Å². The van der Waals surface area contributed by atoms with E-state index in [1.807, 2.05) is 45.0 Å². The molecule has 1 aromatic carbocycles. The number of hydrogen-bond donors (Lipinski definition) is 1. The molecule has 2 aliphatic carbocycles. The number of alkyl halides is 1. The number of amides is 1. The molecule has 0 heterocycles. The van der Waals surface area contributed by atoms with Gasteiger partial charge in [-0.25, -0.2) is 13.7 Å². The molecular formula is C24H34FN3O2S. The summed E-state index contributed by atoms with van der Waals surface area (Å²) in [5.74, 6) is -0.0998. The molecule has 1 saturated carbocycles. The highest BCUT2D eigenvalue weighted by Crippen LogP contribution is 2.48. The fourth-order valence-corrected chi connectivity index (χ4v) is 5.19. The third-order valence-electron chi connectivity index (χ3n) is 5.77. The lowest BCUT2D eigenvalue weighted by Gasteiger charge is -2.31. The van der Waals surface area contributed by atoms with Crippen molar-refractivity contribution in [1.29, 1.82) is 0 Å². The molecule has 0 saturated heterocycles. The summed E-state index contributed by atoms with van der Waals surface area (Å²) in [5.41, 5.74) is 2.40. The second kappa shape index (κ2) is 8.96. The monoisotopic (exact) mass is 447 g/mol. The highest BCUT2D eigenvalue weighted by atomic mass is 32.2. The van der Waals surface area contributed by atoms with Crippen molar-refractivity contribution in [3.63, 3.8) is 0 Å². The molecule has 0 aliphatic heterocycles. The van der Waals surface area contributed by atoms with E-state index in [4.69, 9.17) is 5.14 Å². The normalized spacial score (nSPS) is 23.7. The van der Waals surface area contributed by atoms with Crippen LogP contribution in [0.5, 0.6) is 0 Å². The van der Waals surface area contributed by atoms with Crippen LogP contribution in [0.15, 0.2) is 56.3 Å². The number of hydrogen-bond acceptors (Lipinski definition) is 3. The Kier molecular flexibility index (Phi) is 6.89. The summed E-state index contributed by atoms with van der Waals surface area (Å²) in [4.78, 5) is 15.2. The third kappa shape index (κ3) is 6.11. The maximum atomic E-state index is 14.9. The molecule has 2 atom stereocenters. The molecule has 2 N–H and O–H groups in total. The molecule has 31 heavy (non-hydrogen) atoms. The van der Waals surface area contributed by atoms with E-state index in [0.717, 1.165) is 41.7 Å². The maximum absolute atomic E-state index is 14.9. The average molecular weight is 448 g/mol. The zero-order chi connectivity index (χ0) is 23.0. The predicted molar refractivity (Wildman–Crippen MR) is 123 cm³/mol. The summed E-state index contributed by atoms with van der Waals surface area (Å²) in [6.07, 6.45) is 3.99. The summed E-state index contributed by atoms with van der Waals surface area (Å²) in [6.45, 7) is 6.37. The fraction of sp³-hybridized carbons (Fsp3) is 0.542. The molecular weight excluding hydrogens is 413 g/mol. The lowest BCUT2D eigenvalue weighted by atomic mass is 9.77. The Bertz CT molecular complexity index is 1030. The van der Waals surface area contributed by atoms with Gasteiger partial charge >= 0.3 is 0 Å². The molecule has 5 nitrogen and oxygen atoms in total. The molecule has 2 unspecified atom stereocenters. The Morgan fingerprint density at radius 3 is 2.42 bits per heavy atom. The van der Waals surface area contributed by atoms with E-state index in [2.05, 4.69) is 4.36 Å². The first-order valence-corrected chi connectivity index (χ1v) is 12.4. The Morgan fingerprint density at radius 1 is 1.29 bits per heavy atom. The lowest BCUT2D eigenvalue weighted by molar-refractivity contribution is -0.117. The van der Waals surface area contributed by atoms with Gasteiger partial charge < -0.3 is 4.90 Å². The topological polar surface area (TPSA) is 75.8 Å². The molecule has 7 heteroatoms. The van der Waals surface area contributed by atoms with E-state index < -0.39 is 21.5 Å². The van der Waals surface area contributed by atoms with Crippen LogP contribution in [0, 0.1) is 11.8 Å². The molecule has 1 fully saturated rings. The van der Waals surface area contributed by atoms with Crippen molar-refractivity contribution >= 4 is 15.8 Å². The zero-order valence-corrected chi connectivity index (χ0v) is 20.0. The standard InChI is InChI=1S/C24H34FN3O2S/c1-16(2)21-13-24(3,25)14-22(18-8-9-18)20(21)12-23(29)27-31(26,30)19-10-6-17(7-11-19)15-28(4)5/h6-7,10-11,14,16,18H,8-9,12-13,15H2,1-5H3,(H2,26,27,29,30). The largest absolute Gasteiger partial charge is 0.305 e. The van der Waals surface area contributed by atoms with Crippen LogP contribution in [0.3, 0.4) is 0 Å². The Hall–Kier alpha value is -1.83. The lowest BCUT2D eigenvalue weighted by Crippen LogP contribution is -2.25. The van der Waals surface area contributed by atoms with Crippen LogP contribution in [-0.4, -0.2) is 34.8 Å². The first-order valence-electron chi connectivity index (χ1n) is 10.8. The van der Waals surface area contributed by atoms with Crippen LogP contribution in [0.25, 0.3) is 0 Å². The van der Waals surface area contributed by atoms with Crippen molar-refractivity contribution in [2.45, 2.75) is 63.6 Å². The maximum Gasteiger partial charge on any atom is 0.259 e. The number of allylic oxidation sites excluding steroid dienone is 3. The van der Waals surface area contributed by atoms with Gasteiger partial charge in [-0.2, -0.15) is 0 Å². The summed E-state index contributed by atoms with van der Waals surface area (Å²) >= 11 is 0. The van der Waals surface area contributed by atoms with Crippen LogP contribution < -0.4 is 5.14 Å². The minimum Gasteiger partial charge on any atom is -0.305 e. The molecule has 1 aromatic rings. The van der Waals surface area contributed by atoms with E-state index in [9.17, 15) is 13.4 Å². The second-order valence-electron chi connectivity index (χ2n) is 9.60. The average Bonchev–Trinajstić information content (AvgIpc) is 3.47.